The zero-order valence-corrected chi connectivity index (χ0v) is 10.4. The second kappa shape index (κ2) is 6.36. The Morgan fingerprint density at radius 2 is 2.24 bits per heavy atom. The van der Waals surface area contributed by atoms with E-state index in [1.165, 1.54) is 12.2 Å². The van der Waals surface area contributed by atoms with E-state index in [0.29, 0.717) is 5.92 Å². The fourth-order valence-electron chi connectivity index (χ4n) is 1.68. The van der Waals surface area contributed by atoms with Crippen molar-refractivity contribution in [1.29, 1.82) is 0 Å². The van der Waals surface area contributed by atoms with E-state index in [0.717, 1.165) is 17.9 Å². The van der Waals surface area contributed by atoms with E-state index >= 15 is 0 Å². The lowest BCUT2D eigenvalue weighted by Crippen LogP contribution is -2.28. The predicted molar refractivity (Wildman–Crippen MR) is 71.8 cm³/mol. The van der Waals surface area contributed by atoms with Crippen molar-refractivity contribution in [3.8, 4) is 11.8 Å². The first-order valence-corrected chi connectivity index (χ1v) is 6.93. The summed E-state index contributed by atoms with van der Waals surface area (Å²) in [4.78, 5) is 11.5. The van der Waals surface area contributed by atoms with E-state index in [-0.39, 0.29) is 5.91 Å². The summed E-state index contributed by atoms with van der Waals surface area (Å²) in [6, 6.07) is 9.56. The van der Waals surface area contributed by atoms with Crippen LogP contribution in [0, 0.1) is 17.8 Å². The summed E-state index contributed by atoms with van der Waals surface area (Å²) in [5.74, 6) is 8.30. The van der Waals surface area contributed by atoms with E-state index in [9.17, 15) is 4.79 Å². The van der Waals surface area contributed by atoms with Gasteiger partial charge in [0.15, 0.2) is 0 Å². The van der Waals surface area contributed by atoms with Crippen LogP contribution in [0.2, 0.25) is 0 Å². The predicted octanol–water partition coefficient (Wildman–Crippen LogP) is 1.91. The maximum absolute atomic E-state index is 11.5. The molecule has 1 aliphatic heterocycles. The highest BCUT2D eigenvalue weighted by molar-refractivity contribution is 7.99. The topological polar surface area (TPSA) is 29.1 Å². The second-order valence-electron chi connectivity index (χ2n) is 4.06. The number of carbonyl (C=O) groups is 1. The third-order valence-electron chi connectivity index (χ3n) is 2.67. The quantitative estimate of drug-likeness (QED) is 0.806. The van der Waals surface area contributed by atoms with Gasteiger partial charge in [-0.3, -0.25) is 4.79 Å². The number of hydrogen-bond donors (Lipinski definition) is 1. The normalized spacial score (nSPS) is 18.2. The van der Waals surface area contributed by atoms with Gasteiger partial charge in [0.25, 0.3) is 5.91 Å². The van der Waals surface area contributed by atoms with Crippen LogP contribution in [0.4, 0.5) is 0 Å². The Kier molecular flexibility index (Phi) is 4.52. The van der Waals surface area contributed by atoms with Crippen LogP contribution in [0.5, 0.6) is 0 Å². The molecule has 0 radical (unpaired) electrons. The molecule has 1 heterocycles. The number of nitrogens with one attached hydrogen (secondary N) is 1. The van der Waals surface area contributed by atoms with Gasteiger partial charge in [-0.15, -0.1) is 0 Å². The van der Waals surface area contributed by atoms with Crippen molar-refractivity contribution < 1.29 is 4.79 Å². The van der Waals surface area contributed by atoms with Gasteiger partial charge < -0.3 is 5.32 Å². The largest absolute Gasteiger partial charge is 0.345 e. The van der Waals surface area contributed by atoms with Crippen molar-refractivity contribution in [2.24, 2.45) is 5.92 Å². The maximum atomic E-state index is 11.5. The van der Waals surface area contributed by atoms with Gasteiger partial charge in [-0.1, -0.05) is 24.1 Å². The van der Waals surface area contributed by atoms with E-state index in [2.05, 4.69) is 17.2 Å². The number of thioether (sulfide) groups is 1. The standard InChI is InChI=1S/C14H15NOS/c16-14(15-10-13-8-9-17-11-13)7-6-12-4-2-1-3-5-12/h1-5,13H,8-11H2,(H,15,16). The second-order valence-corrected chi connectivity index (χ2v) is 5.21. The number of hydrogen-bond acceptors (Lipinski definition) is 2. The van der Waals surface area contributed by atoms with Gasteiger partial charge in [0.2, 0.25) is 0 Å². The lowest BCUT2D eigenvalue weighted by atomic mass is 10.1. The average molecular weight is 245 g/mol. The summed E-state index contributed by atoms with van der Waals surface area (Å²) in [5.41, 5.74) is 0.874. The zero-order valence-electron chi connectivity index (χ0n) is 9.61. The Hall–Kier alpha value is -1.40. The summed E-state index contributed by atoms with van der Waals surface area (Å²) in [7, 11) is 0. The molecule has 3 heteroatoms. The summed E-state index contributed by atoms with van der Waals surface area (Å²) in [5, 5.41) is 2.87. The number of carbonyl (C=O) groups excluding carboxylic acids is 1. The van der Waals surface area contributed by atoms with Crippen LogP contribution in [-0.4, -0.2) is 24.0 Å². The first-order chi connectivity index (χ1) is 8.34. The number of benzene rings is 1. The molecular weight excluding hydrogens is 230 g/mol. The first-order valence-electron chi connectivity index (χ1n) is 5.77. The Balaban J connectivity index is 1.79. The monoisotopic (exact) mass is 245 g/mol. The van der Waals surface area contributed by atoms with Gasteiger partial charge in [-0.25, -0.2) is 0 Å². The molecule has 2 nitrogen and oxygen atoms in total. The van der Waals surface area contributed by atoms with Crippen molar-refractivity contribution in [3.63, 3.8) is 0 Å². The fourth-order valence-corrected chi connectivity index (χ4v) is 2.96. The van der Waals surface area contributed by atoms with Gasteiger partial charge in [0, 0.05) is 18.0 Å². The molecule has 1 amide bonds. The Morgan fingerprint density at radius 1 is 1.41 bits per heavy atom. The maximum Gasteiger partial charge on any atom is 0.296 e. The molecular formula is C14H15NOS. The highest BCUT2D eigenvalue weighted by Crippen LogP contribution is 2.22. The molecule has 2 rings (SSSR count). The minimum Gasteiger partial charge on any atom is -0.345 e. The molecule has 17 heavy (non-hydrogen) atoms. The Bertz CT molecular complexity index is 427. The van der Waals surface area contributed by atoms with Gasteiger partial charge in [-0.2, -0.15) is 11.8 Å². The zero-order chi connectivity index (χ0) is 11.9. The third-order valence-corrected chi connectivity index (χ3v) is 3.90. The lowest BCUT2D eigenvalue weighted by Gasteiger charge is -2.06. The summed E-state index contributed by atoms with van der Waals surface area (Å²) in [6.07, 6.45) is 1.21. The molecule has 1 atom stereocenters. The van der Waals surface area contributed by atoms with Crippen molar-refractivity contribution in [2.45, 2.75) is 6.42 Å². The van der Waals surface area contributed by atoms with Crippen LogP contribution in [0.3, 0.4) is 0 Å². The van der Waals surface area contributed by atoms with Gasteiger partial charge >= 0.3 is 0 Å². The number of rotatable bonds is 2. The molecule has 1 N–H and O–H groups in total. The molecule has 1 aromatic carbocycles. The molecule has 0 spiro atoms. The summed E-state index contributed by atoms with van der Waals surface area (Å²) < 4.78 is 0. The van der Waals surface area contributed by atoms with E-state index in [1.54, 1.807) is 0 Å². The van der Waals surface area contributed by atoms with Gasteiger partial charge in [-0.05, 0) is 36.0 Å². The van der Waals surface area contributed by atoms with Crippen molar-refractivity contribution in [1.82, 2.24) is 5.32 Å². The first kappa shape index (κ1) is 12.1. The minimum absolute atomic E-state index is 0.175. The van der Waals surface area contributed by atoms with Gasteiger partial charge in [0.1, 0.15) is 0 Å². The van der Waals surface area contributed by atoms with Crippen LogP contribution in [0.15, 0.2) is 30.3 Å². The van der Waals surface area contributed by atoms with Crippen LogP contribution in [0.1, 0.15) is 12.0 Å². The van der Waals surface area contributed by atoms with Crippen molar-refractivity contribution in [3.05, 3.63) is 35.9 Å². The smallest absolute Gasteiger partial charge is 0.296 e. The lowest BCUT2D eigenvalue weighted by molar-refractivity contribution is -0.115. The molecule has 1 saturated heterocycles. The molecule has 0 saturated carbocycles. The van der Waals surface area contributed by atoms with Crippen LogP contribution in [-0.2, 0) is 4.79 Å². The number of amides is 1. The highest BCUT2D eigenvalue weighted by atomic mass is 32.2. The van der Waals surface area contributed by atoms with E-state index in [4.69, 9.17) is 0 Å². The SMILES string of the molecule is O=C(C#Cc1ccccc1)NCC1CCSC1. The van der Waals surface area contributed by atoms with E-state index < -0.39 is 0 Å². The minimum atomic E-state index is -0.175. The molecule has 1 aromatic rings. The highest BCUT2D eigenvalue weighted by Gasteiger charge is 2.15. The molecule has 1 aliphatic rings. The van der Waals surface area contributed by atoms with Crippen molar-refractivity contribution in [2.75, 3.05) is 18.1 Å². The van der Waals surface area contributed by atoms with Crippen molar-refractivity contribution >= 4 is 17.7 Å². The molecule has 1 unspecified atom stereocenters. The third kappa shape index (κ3) is 4.16. The fraction of sp³-hybridized carbons (Fsp3) is 0.357. The molecule has 88 valence electrons. The van der Waals surface area contributed by atoms with Crippen LogP contribution < -0.4 is 5.32 Å². The average Bonchev–Trinajstić information content (AvgIpc) is 2.88. The molecule has 0 aromatic heterocycles. The Labute approximate surface area is 106 Å². The van der Waals surface area contributed by atoms with Crippen LogP contribution >= 0.6 is 11.8 Å². The van der Waals surface area contributed by atoms with Crippen LogP contribution in [0.25, 0.3) is 0 Å². The molecule has 1 fully saturated rings. The molecule has 0 aliphatic carbocycles. The van der Waals surface area contributed by atoms with E-state index in [1.807, 2.05) is 42.1 Å². The van der Waals surface area contributed by atoms with Gasteiger partial charge in [0.05, 0.1) is 0 Å². The summed E-state index contributed by atoms with van der Waals surface area (Å²) in [6.45, 7) is 0.759. The Morgan fingerprint density at radius 3 is 2.94 bits per heavy atom. The summed E-state index contributed by atoms with van der Waals surface area (Å²) >= 11 is 1.96. The molecule has 0 bridgehead atoms.